The Morgan fingerprint density at radius 1 is 1.56 bits per heavy atom. The number of alkyl halides is 1. The van der Waals surface area contributed by atoms with E-state index in [0.717, 1.165) is 5.56 Å². The first kappa shape index (κ1) is 13.5. The smallest absolute Gasteiger partial charge is 0.310 e. The molecule has 0 spiro atoms. The highest BCUT2D eigenvalue weighted by atomic mass is 79.9. The molecule has 0 saturated carbocycles. The predicted octanol–water partition coefficient (Wildman–Crippen LogP) is 3.48. The molecule has 0 amide bonds. The van der Waals surface area contributed by atoms with Crippen molar-refractivity contribution in [2.75, 3.05) is 6.61 Å². The second-order valence-electron chi connectivity index (χ2n) is 3.17. The molecule has 0 unspecified atom stereocenters. The van der Waals surface area contributed by atoms with Crippen LogP contribution in [0.1, 0.15) is 18.1 Å². The lowest BCUT2D eigenvalue weighted by Crippen LogP contribution is -2.09. The highest BCUT2D eigenvalue weighted by Gasteiger charge is 2.13. The second-order valence-corrected chi connectivity index (χ2v) is 4.13. The van der Waals surface area contributed by atoms with Crippen LogP contribution in [0.5, 0.6) is 0 Å². The van der Waals surface area contributed by atoms with Gasteiger partial charge in [-0.05, 0) is 18.6 Å². The van der Waals surface area contributed by atoms with Crippen molar-refractivity contribution in [2.45, 2.75) is 18.7 Å². The van der Waals surface area contributed by atoms with Gasteiger partial charge in [-0.15, -0.1) is 0 Å². The minimum atomic E-state index is -0.556. The van der Waals surface area contributed by atoms with E-state index in [1.807, 2.05) is 0 Å². The van der Waals surface area contributed by atoms with E-state index in [4.69, 9.17) is 16.3 Å². The molecule has 0 atom stereocenters. The van der Waals surface area contributed by atoms with Crippen molar-refractivity contribution in [1.82, 2.24) is 0 Å². The molecule has 0 aliphatic heterocycles. The van der Waals surface area contributed by atoms with Crippen molar-refractivity contribution in [3.8, 4) is 0 Å². The Bertz CT molecular complexity index is 396. The predicted molar refractivity (Wildman–Crippen MR) is 64.4 cm³/mol. The number of hydrogen-bond donors (Lipinski definition) is 0. The van der Waals surface area contributed by atoms with Crippen LogP contribution >= 0.6 is 27.5 Å². The molecule has 16 heavy (non-hydrogen) atoms. The fourth-order valence-electron chi connectivity index (χ4n) is 1.28. The van der Waals surface area contributed by atoms with Crippen LogP contribution in [0.4, 0.5) is 4.39 Å². The number of ether oxygens (including phenoxy) is 1. The van der Waals surface area contributed by atoms with Crippen LogP contribution in [0, 0.1) is 5.82 Å². The van der Waals surface area contributed by atoms with Crippen LogP contribution in [0.25, 0.3) is 0 Å². The summed E-state index contributed by atoms with van der Waals surface area (Å²) in [6.07, 6.45) is -0.0970. The number of carbonyl (C=O) groups is 1. The molecule has 0 radical (unpaired) electrons. The minimum Gasteiger partial charge on any atom is -0.466 e. The molecule has 0 fully saturated rings. The number of carbonyl (C=O) groups excluding carboxylic acids is 1. The van der Waals surface area contributed by atoms with Crippen molar-refractivity contribution in [1.29, 1.82) is 0 Å². The van der Waals surface area contributed by atoms with Gasteiger partial charge in [-0.25, -0.2) is 4.39 Å². The monoisotopic (exact) mass is 308 g/mol. The molecule has 1 aromatic carbocycles. The van der Waals surface area contributed by atoms with Crippen molar-refractivity contribution in [3.63, 3.8) is 0 Å². The molecular weight excluding hydrogens is 298 g/mol. The Balaban J connectivity index is 2.94. The molecule has 1 rings (SSSR count). The normalized spacial score (nSPS) is 10.2. The van der Waals surface area contributed by atoms with E-state index in [0.29, 0.717) is 5.33 Å². The molecule has 0 N–H and O–H groups in total. The summed E-state index contributed by atoms with van der Waals surface area (Å²) in [5, 5.41) is 0.583. The van der Waals surface area contributed by atoms with Gasteiger partial charge >= 0.3 is 5.97 Å². The van der Waals surface area contributed by atoms with Crippen molar-refractivity contribution >= 4 is 33.5 Å². The van der Waals surface area contributed by atoms with Crippen LogP contribution in [0.15, 0.2) is 12.1 Å². The van der Waals surface area contributed by atoms with Gasteiger partial charge < -0.3 is 4.74 Å². The highest BCUT2D eigenvalue weighted by Crippen LogP contribution is 2.23. The Morgan fingerprint density at radius 3 is 2.81 bits per heavy atom. The summed E-state index contributed by atoms with van der Waals surface area (Å²) >= 11 is 8.96. The Labute approximate surface area is 107 Å². The van der Waals surface area contributed by atoms with E-state index in [-0.39, 0.29) is 23.6 Å². The lowest BCUT2D eigenvalue weighted by Gasteiger charge is -2.07. The molecule has 0 bridgehead atoms. The van der Waals surface area contributed by atoms with Crippen LogP contribution in [-0.4, -0.2) is 12.6 Å². The van der Waals surface area contributed by atoms with Crippen LogP contribution in [0.2, 0.25) is 5.02 Å². The maximum atomic E-state index is 13.6. The average molecular weight is 310 g/mol. The molecule has 0 aliphatic carbocycles. The summed E-state index contributed by atoms with van der Waals surface area (Å²) in [5.41, 5.74) is 1.09. The third-order valence-electron chi connectivity index (χ3n) is 1.96. The molecule has 0 saturated heterocycles. The Morgan fingerprint density at radius 2 is 2.25 bits per heavy atom. The van der Waals surface area contributed by atoms with Gasteiger partial charge in [-0.3, -0.25) is 4.79 Å². The highest BCUT2D eigenvalue weighted by molar-refractivity contribution is 9.08. The summed E-state index contributed by atoms with van der Waals surface area (Å²) < 4.78 is 18.3. The zero-order valence-electron chi connectivity index (χ0n) is 8.73. The molecule has 88 valence electrons. The number of benzene rings is 1. The maximum Gasteiger partial charge on any atom is 0.310 e. The van der Waals surface area contributed by atoms with Crippen LogP contribution < -0.4 is 0 Å². The van der Waals surface area contributed by atoms with E-state index in [2.05, 4.69) is 15.9 Å². The molecular formula is C11H11BrClFO2. The molecule has 2 nitrogen and oxygen atoms in total. The summed E-state index contributed by atoms with van der Waals surface area (Å²) in [4.78, 5) is 11.2. The second kappa shape index (κ2) is 6.21. The van der Waals surface area contributed by atoms with Crippen molar-refractivity contribution < 1.29 is 13.9 Å². The third-order valence-corrected chi connectivity index (χ3v) is 2.88. The number of halogens is 3. The van der Waals surface area contributed by atoms with Crippen molar-refractivity contribution in [3.05, 3.63) is 34.1 Å². The van der Waals surface area contributed by atoms with E-state index in [9.17, 15) is 9.18 Å². The first-order chi connectivity index (χ1) is 7.58. The molecule has 1 aromatic rings. The largest absolute Gasteiger partial charge is 0.466 e. The number of hydrogen-bond acceptors (Lipinski definition) is 2. The van der Waals surface area contributed by atoms with Gasteiger partial charge in [-0.2, -0.15) is 0 Å². The lowest BCUT2D eigenvalue weighted by atomic mass is 10.1. The van der Waals surface area contributed by atoms with E-state index in [1.165, 1.54) is 6.07 Å². The van der Waals surface area contributed by atoms with Gasteiger partial charge in [-0.1, -0.05) is 33.6 Å². The fourth-order valence-corrected chi connectivity index (χ4v) is 1.87. The fraction of sp³-hybridized carbons (Fsp3) is 0.364. The Kier molecular flexibility index (Phi) is 5.22. The molecule has 0 aromatic heterocycles. The first-order valence-corrected chi connectivity index (χ1v) is 6.26. The lowest BCUT2D eigenvalue weighted by molar-refractivity contribution is -0.142. The van der Waals surface area contributed by atoms with E-state index >= 15 is 0 Å². The van der Waals surface area contributed by atoms with Gasteiger partial charge in [0.15, 0.2) is 0 Å². The van der Waals surface area contributed by atoms with Gasteiger partial charge in [0.25, 0.3) is 0 Å². The minimum absolute atomic E-state index is 0.0243. The van der Waals surface area contributed by atoms with Gasteiger partial charge in [0, 0.05) is 10.9 Å². The maximum absolute atomic E-state index is 13.6. The summed E-state index contributed by atoms with van der Waals surface area (Å²) in [6.45, 7) is 1.99. The quantitative estimate of drug-likeness (QED) is 0.629. The van der Waals surface area contributed by atoms with Crippen LogP contribution in [0.3, 0.4) is 0 Å². The van der Waals surface area contributed by atoms with Gasteiger partial charge in [0.1, 0.15) is 5.82 Å². The number of esters is 1. The van der Waals surface area contributed by atoms with Gasteiger partial charge in [0.2, 0.25) is 0 Å². The van der Waals surface area contributed by atoms with E-state index in [1.54, 1.807) is 13.0 Å². The first-order valence-electron chi connectivity index (χ1n) is 4.76. The zero-order chi connectivity index (χ0) is 12.1. The zero-order valence-corrected chi connectivity index (χ0v) is 11.1. The average Bonchev–Trinajstić information content (AvgIpc) is 2.24. The van der Waals surface area contributed by atoms with Crippen LogP contribution in [-0.2, 0) is 21.3 Å². The summed E-state index contributed by atoms with van der Waals surface area (Å²) in [7, 11) is 0. The standard InChI is InChI=1S/C11H11BrClFO2/c1-2-16-10(15)5-8-3-7(6-12)4-9(13)11(8)14/h3-4H,2,5-6H2,1H3. The van der Waals surface area contributed by atoms with Crippen molar-refractivity contribution in [2.24, 2.45) is 0 Å². The Hall–Kier alpha value is -0.610. The van der Waals surface area contributed by atoms with E-state index < -0.39 is 11.8 Å². The molecule has 0 heterocycles. The summed E-state index contributed by atoms with van der Waals surface area (Å²) in [5.74, 6) is -1.01. The topological polar surface area (TPSA) is 26.3 Å². The SMILES string of the molecule is CCOC(=O)Cc1cc(CBr)cc(Cl)c1F. The number of rotatable bonds is 4. The molecule has 0 aliphatic rings. The molecule has 5 heteroatoms. The third kappa shape index (κ3) is 3.46. The van der Waals surface area contributed by atoms with Gasteiger partial charge in [0.05, 0.1) is 18.1 Å². The summed E-state index contributed by atoms with van der Waals surface area (Å²) in [6, 6.07) is 3.13.